The Labute approximate surface area is 162 Å². The predicted molar refractivity (Wildman–Crippen MR) is 103 cm³/mol. The molecule has 2 heterocycles. The number of aromatic carboxylic acids is 1. The van der Waals surface area contributed by atoms with Crippen LogP contribution in [0.25, 0.3) is 11.3 Å². The Morgan fingerprint density at radius 3 is 2.70 bits per heavy atom. The summed E-state index contributed by atoms with van der Waals surface area (Å²) in [5.41, 5.74) is 1.61. The lowest BCUT2D eigenvalue weighted by Gasteiger charge is -2.34. The summed E-state index contributed by atoms with van der Waals surface area (Å²) in [6.07, 6.45) is 2.11. The largest absolute Gasteiger partial charge is 0.491 e. The molecule has 1 aliphatic rings. The second-order valence-corrected chi connectivity index (χ2v) is 7.35. The average Bonchev–Trinajstić information content (AvgIpc) is 2.59. The first-order valence-electron chi connectivity index (χ1n) is 8.77. The van der Waals surface area contributed by atoms with Crippen molar-refractivity contribution in [1.82, 2.24) is 4.57 Å². The highest BCUT2D eigenvalue weighted by Crippen LogP contribution is 2.42. The molecule has 0 fully saturated rings. The smallest absolute Gasteiger partial charge is 0.341 e. The number of pyridine rings is 1. The van der Waals surface area contributed by atoms with Gasteiger partial charge < -0.3 is 19.1 Å². The van der Waals surface area contributed by atoms with E-state index in [-0.39, 0.29) is 17.5 Å². The van der Waals surface area contributed by atoms with E-state index in [0.29, 0.717) is 36.1 Å². The van der Waals surface area contributed by atoms with Crippen molar-refractivity contribution in [3.8, 4) is 17.0 Å². The van der Waals surface area contributed by atoms with Gasteiger partial charge in [-0.1, -0.05) is 25.4 Å². The molecule has 1 aromatic carbocycles. The number of carbonyl (C=O) groups is 1. The molecule has 1 aromatic heterocycles. The summed E-state index contributed by atoms with van der Waals surface area (Å²) in [5.74, 6) is -0.342. The van der Waals surface area contributed by atoms with Gasteiger partial charge in [0.1, 0.15) is 17.9 Å². The van der Waals surface area contributed by atoms with Gasteiger partial charge in [-0.25, -0.2) is 4.79 Å². The van der Waals surface area contributed by atoms with Crippen LogP contribution in [-0.2, 0) is 11.2 Å². The van der Waals surface area contributed by atoms with Crippen molar-refractivity contribution in [2.75, 3.05) is 20.3 Å². The van der Waals surface area contributed by atoms with Crippen molar-refractivity contribution >= 4 is 17.6 Å². The molecule has 0 radical (unpaired) electrons. The third kappa shape index (κ3) is 3.73. The van der Waals surface area contributed by atoms with E-state index in [1.54, 1.807) is 13.2 Å². The first-order chi connectivity index (χ1) is 12.8. The fourth-order valence-corrected chi connectivity index (χ4v) is 3.80. The highest BCUT2D eigenvalue weighted by molar-refractivity contribution is 6.33. The van der Waals surface area contributed by atoms with E-state index in [0.717, 1.165) is 11.1 Å². The SMILES string of the molecule is COCCOc1cc(Cl)c2c(c1)CC(C(C)C)n1cc(C(=O)O)c(=O)cc1-2. The summed E-state index contributed by atoms with van der Waals surface area (Å²) < 4.78 is 12.6. The molecule has 0 amide bonds. The second kappa shape index (κ2) is 7.74. The molecule has 0 spiro atoms. The zero-order valence-corrected chi connectivity index (χ0v) is 16.2. The van der Waals surface area contributed by atoms with Crippen LogP contribution >= 0.6 is 11.6 Å². The molecule has 3 rings (SSSR count). The Balaban J connectivity index is 2.15. The lowest BCUT2D eigenvalue weighted by atomic mass is 9.87. The molecule has 0 saturated carbocycles. The van der Waals surface area contributed by atoms with Crippen LogP contribution in [0.1, 0.15) is 35.8 Å². The van der Waals surface area contributed by atoms with Gasteiger partial charge in [-0.3, -0.25) is 4.79 Å². The summed E-state index contributed by atoms with van der Waals surface area (Å²) in [4.78, 5) is 23.7. The van der Waals surface area contributed by atoms with E-state index in [1.165, 1.54) is 12.3 Å². The van der Waals surface area contributed by atoms with Crippen molar-refractivity contribution in [3.63, 3.8) is 0 Å². The quantitative estimate of drug-likeness (QED) is 0.760. The van der Waals surface area contributed by atoms with Crippen LogP contribution in [-0.4, -0.2) is 36.0 Å². The first-order valence-corrected chi connectivity index (χ1v) is 9.15. The number of carboxylic acid groups (broad SMARTS) is 1. The minimum atomic E-state index is -1.23. The minimum Gasteiger partial charge on any atom is -0.491 e. The molecule has 0 aliphatic carbocycles. The van der Waals surface area contributed by atoms with E-state index in [1.807, 2.05) is 10.6 Å². The molecular formula is C20H22ClNO5. The molecule has 1 unspecified atom stereocenters. The van der Waals surface area contributed by atoms with Gasteiger partial charge in [0.05, 0.1) is 17.3 Å². The number of nitrogens with zero attached hydrogens (tertiary/aromatic N) is 1. The topological polar surface area (TPSA) is 77.8 Å². The molecule has 144 valence electrons. The van der Waals surface area contributed by atoms with Gasteiger partial charge in [0.2, 0.25) is 0 Å². The average molecular weight is 392 g/mol. The summed E-state index contributed by atoms with van der Waals surface area (Å²) in [5, 5.41) is 9.79. The summed E-state index contributed by atoms with van der Waals surface area (Å²) in [6, 6.07) is 5.03. The molecule has 1 aliphatic heterocycles. The highest BCUT2D eigenvalue weighted by atomic mass is 35.5. The van der Waals surface area contributed by atoms with Crippen LogP contribution in [0.2, 0.25) is 5.02 Å². The normalized spacial score (nSPS) is 15.4. The summed E-state index contributed by atoms with van der Waals surface area (Å²) in [6.45, 7) is 5.02. The van der Waals surface area contributed by atoms with Gasteiger partial charge in [-0.05, 0) is 30.0 Å². The highest BCUT2D eigenvalue weighted by Gasteiger charge is 2.29. The molecule has 6 nitrogen and oxygen atoms in total. The number of fused-ring (bicyclic) bond motifs is 3. The lowest BCUT2D eigenvalue weighted by Crippen LogP contribution is -2.28. The number of hydrogen-bond donors (Lipinski definition) is 1. The fraction of sp³-hybridized carbons (Fsp3) is 0.400. The number of halogens is 1. The Kier molecular flexibility index (Phi) is 5.58. The molecule has 2 aromatic rings. The van der Waals surface area contributed by atoms with E-state index in [9.17, 15) is 14.7 Å². The van der Waals surface area contributed by atoms with E-state index in [2.05, 4.69) is 13.8 Å². The van der Waals surface area contributed by atoms with Crippen molar-refractivity contribution in [2.45, 2.75) is 26.3 Å². The zero-order chi connectivity index (χ0) is 19.7. The van der Waals surface area contributed by atoms with Crippen molar-refractivity contribution in [2.24, 2.45) is 5.92 Å². The number of benzene rings is 1. The zero-order valence-electron chi connectivity index (χ0n) is 15.5. The number of carboxylic acids is 1. The Bertz CT molecular complexity index is 935. The number of methoxy groups -OCH3 is 1. The third-order valence-electron chi connectivity index (χ3n) is 4.82. The Hall–Kier alpha value is -2.31. The van der Waals surface area contributed by atoms with Crippen LogP contribution in [0.5, 0.6) is 5.75 Å². The maximum absolute atomic E-state index is 12.3. The molecule has 7 heteroatoms. The first kappa shape index (κ1) is 19.5. The van der Waals surface area contributed by atoms with E-state index >= 15 is 0 Å². The molecule has 1 atom stereocenters. The lowest BCUT2D eigenvalue weighted by molar-refractivity contribution is 0.0694. The van der Waals surface area contributed by atoms with Gasteiger partial charge in [0, 0.05) is 31.0 Å². The fourth-order valence-electron chi connectivity index (χ4n) is 3.48. The third-order valence-corrected chi connectivity index (χ3v) is 5.12. The number of hydrogen-bond acceptors (Lipinski definition) is 4. The van der Waals surface area contributed by atoms with Crippen molar-refractivity contribution in [3.05, 3.63) is 50.8 Å². The molecule has 0 bridgehead atoms. The van der Waals surface area contributed by atoms with Crippen LogP contribution in [0.3, 0.4) is 0 Å². The van der Waals surface area contributed by atoms with E-state index < -0.39 is 11.4 Å². The number of aromatic nitrogens is 1. The van der Waals surface area contributed by atoms with Gasteiger partial charge in [-0.2, -0.15) is 0 Å². The maximum Gasteiger partial charge on any atom is 0.341 e. The van der Waals surface area contributed by atoms with Crippen LogP contribution < -0.4 is 10.2 Å². The summed E-state index contributed by atoms with van der Waals surface area (Å²) in [7, 11) is 1.61. The molecule has 0 saturated heterocycles. The molecule has 27 heavy (non-hydrogen) atoms. The van der Waals surface area contributed by atoms with Crippen LogP contribution in [0.4, 0.5) is 0 Å². The predicted octanol–water partition coefficient (Wildman–Crippen LogP) is 3.65. The Morgan fingerprint density at radius 1 is 1.33 bits per heavy atom. The second-order valence-electron chi connectivity index (χ2n) is 6.94. The Morgan fingerprint density at radius 2 is 2.07 bits per heavy atom. The summed E-state index contributed by atoms with van der Waals surface area (Å²) >= 11 is 6.53. The van der Waals surface area contributed by atoms with Crippen molar-refractivity contribution < 1.29 is 19.4 Å². The minimum absolute atomic E-state index is 0.0106. The van der Waals surface area contributed by atoms with Gasteiger partial charge >= 0.3 is 5.97 Å². The maximum atomic E-state index is 12.3. The van der Waals surface area contributed by atoms with E-state index in [4.69, 9.17) is 21.1 Å². The van der Waals surface area contributed by atoms with Gasteiger partial charge in [0.15, 0.2) is 5.43 Å². The van der Waals surface area contributed by atoms with Gasteiger partial charge in [-0.15, -0.1) is 0 Å². The van der Waals surface area contributed by atoms with Gasteiger partial charge in [0.25, 0.3) is 0 Å². The van der Waals surface area contributed by atoms with Crippen molar-refractivity contribution in [1.29, 1.82) is 0 Å². The standard InChI is InChI=1S/C20H22ClNO5/c1-11(2)16-7-12-6-13(27-5-4-26-3)8-15(21)19(12)17-9-18(23)14(20(24)25)10-22(16)17/h6,8-11,16H,4-5,7H2,1-3H3,(H,24,25). The monoisotopic (exact) mass is 391 g/mol. The number of rotatable bonds is 6. The number of ether oxygens (including phenoxy) is 2. The molecule has 1 N–H and O–H groups in total. The van der Waals surface area contributed by atoms with Crippen LogP contribution in [0.15, 0.2) is 29.2 Å². The van der Waals surface area contributed by atoms with Crippen LogP contribution in [0, 0.1) is 5.92 Å². The molecular weight excluding hydrogens is 370 g/mol.